The van der Waals surface area contributed by atoms with Crippen molar-refractivity contribution in [1.29, 1.82) is 0 Å². The standard InChI is InChI=1S/C16H10ClN3O5/c17-12-6-4-10(5-7-12)15-19-18-14(25-15)9-24-16(21)11-2-1-3-13(8-11)20(22)23/h1-8H,9H2. The zero-order valence-corrected chi connectivity index (χ0v) is 13.3. The molecule has 8 nitrogen and oxygen atoms in total. The third-order valence-electron chi connectivity index (χ3n) is 3.18. The van der Waals surface area contributed by atoms with E-state index in [4.69, 9.17) is 20.8 Å². The van der Waals surface area contributed by atoms with Gasteiger partial charge in [0.05, 0.1) is 10.5 Å². The van der Waals surface area contributed by atoms with E-state index in [0.717, 1.165) is 6.07 Å². The van der Waals surface area contributed by atoms with Gasteiger partial charge in [0.25, 0.3) is 11.6 Å². The van der Waals surface area contributed by atoms with Gasteiger partial charge in [-0.05, 0) is 30.3 Å². The predicted molar refractivity (Wildman–Crippen MR) is 87.0 cm³/mol. The van der Waals surface area contributed by atoms with Crippen LogP contribution in [0.3, 0.4) is 0 Å². The Labute approximate surface area is 146 Å². The smallest absolute Gasteiger partial charge is 0.338 e. The van der Waals surface area contributed by atoms with Crippen molar-refractivity contribution in [2.45, 2.75) is 6.61 Å². The molecule has 0 radical (unpaired) electrons. The number of nitrogens with zero attached hydrogens (tertiary/aromatic N) is 3. The number of hydrogen-bond donors (Lipinski definition) is 0. The van der Waals surface area contributed by atoms with Crippen LogP contribution in [-0.2, 0) is 11.3 Å². The molecule has 0 aliphatic rings. The molecule has 0 fully saturated rings. The third kappa shape index (κ3) is 3.99. The summed E-state index contributed by atoms with van der Waals surface area (Å²) in [6.45, 7) is -0.248. The molecule has 3 aromatic rings. The van der Waals surface area contributed by atoms with E-state index in [1.807, 2.05) is 0 Å². The molecule has 0 saturated heterocycles. The summed E-state index contributed by atoms with van der Waals surface area (Å²) < 4.78 is 10.4. The average molecular weight is 360 g/mol. The SMILES string of the molecule is O=C(OCc1nnc(-c2ccc(Cl)cc2)o1)c1cccc([N+](=O)[O-])c1. The highest BCUT2D eigenvalue weighted by molar-refractivity contribution is 6.30. The topological polar surface area (TPSA) is 108 Å². The Morgan fingerprint density at radius 3 is 2.68 bits per heavy atom. The summed E-state index contributed by atoms with van der Waals surface area (Å²) in [4.78, 5) is 22.1. The third-order valence-corrected chi connectivity index (χ3v) is 3.43. The molecule has 0 saturated carbocycles. The lowest BCUT2D eigenvalue weighted by Crippen LogP contribution is -2.06. The number of carbonyl (C=O) groups is 1. The highest BCUT2D eigenvalue weighted by Crippen LogP contribution is 2.20. The van der Waals surface area contributed by atoms with Crippen LogP contribution in [0.15, 0.2) is 52.9 Å². The summed E-state index contributed by atoms with van der Waals surface area (Å²) in [5.74, 6) is -0.364. The highest BCUT2D eigenvalue weighted by Gasteiger charge is 2.15. The molecule has 0 aliphatic heterocycles. The van der Waals surface area contributed by atoms with Gasteiger partial charge in [0.15, 0.2) is 6.61 Å². The van der Waals surface area contributed by atoms with Crippen LogP contribution in [0.5, 0.6) is 0 Å². The quantitative estimate of drug-likeness (QED) is 0.388. The number of hydrogen-bond acceptors (Lipinski definition) is 7. The largest absolute Gasteiger partial charge is 0.452 e. The van der Waals surface area contributed by atoms with E-state index in [2.05, 4.69) is 10.2 Å². The zero-order valence-electron chi connectivity index (χ0n) is 12.6. The van der Waals surface area contributed by atoms with Gasteiger partial charge in [-0.25, -0.2) is 4.79 Å². The number of non-ortho nitro benzene ring substituents is 1. The van der Waals surface area contributed by atoms with Crippen LogP contribution in [0.2, 0.25) is 5.02 Å². The van der Waals surface area contributed by atoms with Gasteiger partial charge in [0.2, 0.25) is 5.89 Å². The monoisotopic (exact) mass is 359 g/mol. The first-order valence-corrected chi connectivity index (χ1v) is 7.40. The van der Waals surface area contributed by atoms with Gasteiger partial charge < -0.3 is 9.15 Å². The molecule has 0 N–H and O–H groups in total. The van der Waals surface area contributed by atoms with E-state index >= 15 is 0 Å². The Morgan fingerprint density at radius 2 is 1.96 bits per heavy atom. The summed E-state index contributed by atoms with van der Waals surface area (Å²) in [7, 11) is 0. The number of nitro groups is 1. The number of esters is 1. The molecule has 0 unspecified atom stereocenters. The van der Waals surface area contributed by atoms with Gasteiger partial charge in [0.1, 0.15) is 0 Å². The molecule has 126 valence electrons. The molecule has 1 aromatic heterocycles. The van der Waals surface area contributed by atoms with Gasteiger partial charge in [-0.1, -0.05) is 17.7 Å². The average Bonchev–Trinajstić information content (AvgIpc) is 3.09. The minimum absolute atomic E-state index is 0.0617. The second kappa shape index (κ2) is 7.10. The number of ether oxygens (including phenoxy) is 1. The second-order valence-corrected chi connectivity index (χ2v) is 5.33. The van der Waals surface area contributed by atoms with Crippen molar-refractivity contribution in [3.63, 3.8) is 0 Å². The van der Waals surface area contributed by atoms with Crippen molar-refractivity contribution in [2.75, 3.05) is 0 Å². The van der Waals surface area contributed by atoms with Crippen molar-refractivity contribution in [3.05, 3.63) is 75.1 Å². The fraction of sp³-hybridized carbons (Fsp3) is 0.0625. The maximum Gasteiger partial charge on any atom is 0.338 e. The van der Waals surface area contributed by atoms with Crippen LogP contribution in [0.25, 0.3) is 11.5 Å². The molecule has 0 aliphatic carbocycles. The second-order valence-electron chi connectivity index (χ2n) is 4.89. The van der Waals surface area contributed by atoms with Gasteiger partial charge in [-0.3, -0.25) is 10.1 Å². The van der Waals surface area contributed by atoms with Crippen LogP contribution in [0.1, 0.15) is 16.2 Å². The lowest BCUT2D eigenvalue weighted by atomic mass is 10.2. The summed E-state index contributed by atoms with van der Waals surface area (Å²) >= 11 is 5.81. The van der Waals surface area contributed by atoms with E-state index in [9.17, 15) is 14.9 Å². The van der Waals surface area contributed by atoms with Gasteiger partial charge in [-0.15, -0.1) is 10.2 Å². The fourth-order valence-electron chi connectivity index (χ4n) is 1.98. The molecule has 0 amide bonds. The first-order chi connectivity index (χ1) is 12.0. The highest BCUT2D eigenvalue weighted by atomic mass is 35.5. The maximum atomic E-state index is 12.0. The lowest BCUT2D eigenvalue weighted by Gasteiger charge is -2.01. The minimum atomic E-state index is -0.727. The first-order valence-electron chi connectivity index (χ1n) is 7.03. The van der Waals surface area contributed by atoms with Crippen LogP contribution in [-0.4, -0.2) is 21.1 Å². The van der Waals surface area contributed by atoms with Crippen molar-refractivity contribution >= 4 is 23.3 Å². The van der Waals surface area contributed by atoms with Crippen molar-refractivity contribution in [2.24, 2.45) is 0 Å². The van der Waals surface area contributed by atoms with Crippen molar-refractivity contribution < 1.29 is 18.9 Å². The molecule has 1 heterocycles. The summed E-state index contributed by atoms with van der Waals surface area (Å²) in [6.07, 6.45) is 0. The zero-order chi connectivity index (χ0) is 17.8. The molecule has 0 bridgehead atoms. The lowest BCUT2D eigenvalue weighted by molar-refractivity contribution is -0.384. The van der Waals surface area contributed by atoms with Crippen LogP contribution in [0, 0.1) is 10.1 Å². The fourth-order valence-corrected chi connectivity index (χ4v) is 2.10. The summed E-state index contributed by atoms with van der Waals surface area (Å²) in [6, 6.07) is 12.0. The molecule has 9 heteroatoms. The minimum Gasteiger partial charge on any atom is -0.452 e. The summed E-state index contributed by atoms with van der Waals surface area (Å²) in [5.41, 5.74) is 0.539. The summed E-state index contributed by atoms with van der Waals surface area (Å²) in [5, 5.41) is 19.0. The van der Waals surface area contributed by atoms with Crippen molar-refractivity contribution in [1.82, 2.24) is 10.2 Å². The van der Waals surface area contributed by atoms with Crippen molar-refractivity contribution in [3.8, 4) is 11.5 Å². The predicted octanol–water partition coefficient (Wildman–Crippen LogP) is 3.66. The van der Waals surface area contributed by atoms with Crippen LogP contribution >= 0.6 is 11.6 Å². The van der Waals surface area contributed by atoms with E-state index in [1.165, 1.54) is 18.2 Å². The number of carbonyl (C=O) groups excluding carboxylic acids is 1. The van der Waals surface area contributed by atoms with Crippen LogP contribution in [0.4, 0.5) is 5.69 Å². The van der Waals surface area contributed by atoms with Crippen LogP contribution < -0.4 is 0 Å². The number of benzene rings is 2. The molecule has 0 atom stereocenters. The molecule has 2 aromatic carbocycles. The number of rotatable bonds is 5. The van der Waals surface area contributed by atoms with Gasteiger partial charge in [-0.2, -0.15) is 0 Å². The Balaban J connectivity index is 1.66. The molecular weight excluding hydrogens is 350 g/mol. The molecule has 3 rings (SSSR count). The van der Waals surface area contributed by atoms with E-state index in [0.29, 0.717) is 10.6 Å². The first kappa shape index (κ1) is 16.6. The molecule has 25 heavy (non-hydrogen) atoms. The van der Waals surface area contributed by atoms with E-state index < -0.39 is 10.9 Å². The van der Waals surface area contributed by atoms with Gasteiger partial charge >= 0.3 is 5.97 Å². The Hall–Kier alpha value is -3.26. The number of nitro benzene ring substituents is 1. The normalized spacial score (nSPS) is 10.4. The maximum absolute atomic E-state index is 12.0. The van der Waals surface area contributed by atoms with E-state index in [-0.39, 0.29) is 29.6 Å². The Morgan fingerprint density at radius 1 is 1.20 bits per heavy atom. The number of aromatic nitrogens is 2. The Kier molecular flexibility index (Phi) is 4.71. The van der Waals surface area contributed by atoms with Gasteiger partial charge in [0, 0.05) is 22.7 Å². The van der Waals surface area contributed by atoms with E-state index in [1.54, 1.807) is 24.3 Å². The number of halogens is 1. The molecular formula is C16H10ClN3O5. The molecule has 0 spiro atoms. The Bertz CT molecular complexity index is 924.